The molecule has 3 rings (SSSR count). The Balaban J connectivity index is 1.70. The van der Waals surface area contributed by atoms with E-state index in [4.69, 9.17) is 11.6 Å². The minimum atomic E-state index is -0.455. The molecule has 0 bridgehead atoms. The Morgan fingerprint density at radius 2 is 2.00 bits per heavy atom. The molecule has 0 spiro atoms. The van der Waals surface area contributed by atoms with E-state index in [0.717, 1.165) is 6.07 Å². The number of amides is 1. The second-order valence-electron chi connectivity index (χ2n) is 4.34. The summed E-state index contributed by atoms with van der Waals surface area (Å²) in [6.45, 7) is 1.06. The van der Waals surface area contributed by atoms with Crippen LogP contribution < -0.4 is 0 Å². The van der Waals surface area contributed by atoms with Gasteiger partial charge in [0.25, 0.3) is 5.91 Å². The van der Waals surface area contributed by atoms with Gasteiger partial charge in [-0.3, -0.25) is 4.79 Å². The van der Waals surface area contributed by atoms with Crippen LogP contribution in [0.1, 0.15) is 16.4 Å². The van der Waals surface area contributed by atoms with Crippen LogP contribution in [0.2, 0.25) is 5.02 Å². The quantitative estimate of drug-likeness (QED) is 0.842. The molecule has 5 nitrogen and oxygen atoms in total. The zero-order valence-corrected chi connectivity index (χ0v) is 10.6. The van der Waals surface area contributed by atoms with Crippen molar-refractivity contribution in [3.8, 4) is 0 Å². The van der Waals surface area contributed by atoms with Crippen LogP contribution >= 0.6 is 11.6 Å². The molecule has 1 aliphatic rings. The van der Waals surface area contributed by atoms with E-state index in [2.05, 4.69) is 10.2 Å². The van der Waals surface area contributed by atoms with Gasteiger partial charge in [-0.15, -0.1) is 0 Å². The highest BCUT2D eigenvalue weighted by Gasteiger charge is 2.34. The van der Waals surface area contributed by atoms with E-state index < -0.39 is 5.82 Å². The number of hydrogen-bond donors (Lipinski definition) is 0. The lowest BCUT2D eigenvalue weighted by Crippen LogP contribution is -2.51. The molecule has 1 saturated heterocycles. The third kappa shape index (κ3) is 2.19. The Bertz CT molecular complexity index is 610. The summed E-state index contributed by atoms with van der Waals surface area (Å²) >= 11 is 5.87. The van der Waals surface area contributed by atoms with Crippen molar-refractivity contribution in [2.45, 2.75) is 6.04 Å². The second-order valence-corrected chi connectivity index (χ2v) is 4.74. The molecule has 2 heterocycles. The molecular formula is C12H10ClFN4O. The minimum Gasteiger partial charge on any atom is -0.334 e. The van der Waals surface area contributed by atoms with Crippen LogP contribution in [0.3, 0.4) is 0 Å². The Morgan fingerprint density at radius 3 is 2.63 bits per heavy atom. The van der Waals surface area contributed by atoms with E-state index in [1.165, 1.54) is 12.1 Å². The van der Waals surface area contributed by atoms with Gasteiger partial charge in [-0.2, -0.15) is 15.0 Å². The van der Waals surface area contributed by atoms with Crippen LogP contribution in [0.4, 0.5) is 4.39 Å². The summed E-state index contributed by atoms with van der Waals surface area (Å²) in [5.74, 6) is -0.655. The van der Waals surface area contributed by atoms with Crippen molar-refractivity contribution in [2.24, 2.45) is 0 Å². The van der Waals surface area contributed by atoms with Gasteiger partial charge in [-0.05, 0) is 18.2 Å². The summed E-state index contributed by atoms with van der Waals surface area (Å²) in [6, 6.07) is 3.87. The number of nitrogens with zero attached hydrogens (tertiary/aromatic N) is 4. The third-order valence-electron chi connectivity index (χ3n) is 3.07. The summed E-state index contributed by atoms with van der Waals surface area (Å²) in [5.41, 5.74) is 0.315. The summed E-state index contributed by atoms with van der Waals surface area (Å²) in [6.07, 6.45) is 3.20. The number of carbonyl (C=O) groups is 1. The van der Waals surface area contributed by atoms with Gasteiger partial charge in [0.2, 0.25) is 0 Å². The molecule has 0 N–H and O–H groups in total. The lowest BCUT2D eigenvalue weighted by molar-refractivity contribution is 0.0476. The number of carbonyl (C=O) groups excluding carboxylic acids is 1. The Morgan fingerprint density at radius 1 is 1.32 bits per heavy atom. The Hall–Kier alpha value is -1.95. The summed E-state index contributed by atoms with van der Waals surface area (Å²) in [4.78, 5) is 15.4. The van der Waals surface area contributed by atoms with Gasteiger partial charge in [0.15, 0.2) is 0 Å². The first kappa shape index (κ1) is 12.1. The van der Waals surface area contributed by atoms with Crippen molar-refractivity contribution in [3.63, 3.8) is 0 Å². The third-order valence-corrected chi connectivity index (χ3v) is 3.39. The summed E-state index contributed by atoms with van der Waals surface area (Å²) < 4.78 is 12.9. The van der Waals surface area contributed by atoms with Crippen molar-refractivity contribution in [3.05, 3.63) is 47.0 Å². The number of halogens is 2. The lowest BCUT2D eigenvalue weighted by atomic mass is 10.1. The maximum atomic E-state index is 12.9. The molecule has 0 saturated carbocycles. The molecule has 0 unspecified atom stereocenters. The highest BCUT2D eigenvalue weighted by atomic mass is 35.5. The Labute approximate surface area is 113 Å². The number of aromatic nitrogens is 3. The first-order valence-electron chi connectivity index (χ1n) is 5.75. The zero-order valence-electron chi connectivity index (χ0n) is 9.83. The molecule has 98 valence electrons. The molecule has 1 aromatic heterocycles. The maximum absolute atomic E-state index is 12.9. The van der Waals surface area contributed by atoms with Crippen molar-refractivity contribution < 1.29 is 9.18 Å². The van der Waals surface area contributed by atoms with E-state index >= 15 is 0 Å². The van der Waals surface area contributed by atoms with Gasteiger partial charge in [-0.1, -0.05) is 11.6 Å². The molecule has 1 aliphatic heterocycles. The fraction of sp³-hybridized carbons (Fsp3) is 0.250. The average molecular weight is 281 g/mol. The molecule has 19 heavy (non-hydrogen) atoms. The van der Waals surface area contributed by atoms with Gasteiger partial charge >= 0.3 is 0 Å². The van der Waals surface area contributed by atoms with Crippen LogP contribution in [-0.2, 0) is 0 Å². The van der Waals surface area contributed by atoms with Crippen LogP contribution in [0, 0.1) is 5.82 Å². The van der Waals surface area contributed by atoms with Crippen LogP contribution in [0.5, 0.6) is 0 Å². The first-order chi connectivity index (χ1) is 9.15. The topological polar surface area (TPSA) is 51.0 Å². The molecule has 2 aromatic rings. The Kier molecular flexibility index (Phi) is 2.94. The van der Waals surface area contributed by atoms with Gasteiger partial charge in [0.05, 0.1) is 23.0 Å². The van der Waals surface area contributed by atoms with E-state index in [9.17, 15) is 9.18 Å². The van der Waals surface area contributed by atoms with Crippen LogP contribution in [0.15, 0.2) is 30.6 Å². The van der Waals surface area contributed by atoms with Crippen molar-refractivity contribution >= 4 is 17.5 Å². The maximum Gasteiger partial charge on any atom is 0.255 e. The fourth-order valence-corrected chi connectivity index (χ4v) is 2.26. The minimum absolute atomic E-state index is 0.0955. The lowest BCUT2D eigenvalue weighted by Gasteiger charge is -2.38. The van der Waals surface area contributed by atoms with Gasteiger partial charge < -0.3 is 4.90 Å². The largest absolute Gasteiger partial charge is 0.334 e. The predicted molar refractivity (Wildman–Crippen MR) is 66.4 cm³/mol. The number of benzene rings is 1. The number of likely N-dealkylation sites (tertiary alicyclic amines) is 1. The van der Waals surface area contributed by atoms with Gasteiger partial charge in [-0.25, -0.2) is 4.39 Å². The standard InChI is InChI=1S/C12H10ClFN4O/c13-11-5-8(14)1-2-10(11)12(19)17-6-9(7-17)18-15-3-4-16-18/h1-5,9H,6-7H2. The van der Waals surface area contributed by atoms with E-state index in [1.54, 1.807) is 22.1 Å². The average Bonchev–Trinajstić information content (AvgIpc) is 2.80. The molecule has 0 aliphatic carbocycles. The molecule has 1 fully saturated rings. The van der Waals surface area contributed by atoms with Gasteiger partial charge in [0, 0.05) is 13.1 Å². The summed E-state index contributed by atoms with van der Waals surface area (Å²) in [5, 5.41) is 8.18. The monoisotopic (exact) mass is 280 g/mol. The van der Waals surface area contributed by atoms with Crippen molar-refractivity contribution in [1.29, 1.82) is 0 Å². The molecule has 1 aromatic carbocycles. The number of rotatable bonds is 2. The molecule has 0 atom stereocenters. The highest BCUT2D eigenvalue weighted by molar-refractivity contribution is 6.33. The molecule has 7 heteroatoms. The summed E-state index contributed by atoms with van der Waals surface area (Å²) in [7, 11) is 0. The van der Waals surface area contributed by atoms with Crippen molar-refractivity contribution in [1.82, 2.24) is 19.9 Å². The first-order valence-corrected chi connectivity index (χ1v) is 6.13. The van der Waals surface area contributed by atoms with Crippen LogP contribution in [0.25, 0.3) is 0 Å². The zero-order chi connectivity index (χ0) is 13.4. The second kappa shape index (κ2) is 4.62. The van der Waals surface area contributed by atoms with Crippen molar-refractivity contribution in [2.75, 3.05) is 13.1 Å². The molecular weight excluding hydrogens is 271 g/mol. The van der Waals surface area contributed by atoms with Crippen LogP contribution in [-0.4, -0.2) is 38.9 Å². The smallest absolute Gasteiger partial charge is 0.255 e. The van der Waals surface area contributed by atoms with Gasteiger partial charge in [0.1, 0.15) is 11.9 Å². The van der Waals surface area contributed by atoms with E-state index in [0.29, 0.717) is 18.7 Å². The predicted octanol–water partition coefficient (Wildman–Crippen LogP) is 1.77. The number of hydrogen-bond acceptors (Lipinski definition) is 3. The van der Waals surface area contributed by atoms with E-state index in [1.807, 2.05) is 0 Å². The molecule has 0 radical (unpaired) electrons. The fourth-order valence-electron chi connectivity index (χ4n) is 2.02. The highest BCUT2D eigenvalue weighted by Crippen LogP contribution is 2.25. The van der Waals surface area contributed by atoms with E-state index in [-0.39, 0.29) is 17.0 Å². The normalized spacial score (nSPS) is 15.4. The molecule has 1 amide bonds. The SMILES string of the molecule is O=C(c1ccc(F)cc1Cl)N1CC(n2nccn2)C1.